The SMILES string of the molecule is CCNCC.CCc1ccccc1C(c1ccccc1)c1ccccc1CC. The van der Waals surface area contributed by atoms with Gasteiger partial charge in [-0.25, -0.2) is 0 Å². The van der Waals surface area contributed by atoms with Crippen molar-refractivity contribution < 1.29 is 0 Å². The predicted molar refractivity (Wildman–Crippen MR) is 123 cm³/mol. The normalized spacial score (nSPS) is 10.5. The van der Waals surface area contributed by atoms with Crippen molar-refractivity contribution in [2.75, 3.05) is 13.1 Å². The van der Waals surface area contributed by atoms with Gasteiger partial charge in [-0.1, -0.05) is 107 Å². The largest absolute Gasteiger partial charge is 0.317 e. The van der Waals surface area contributed by atoms with Gasteiger partial charge in [-0.3, -0.25) is 0 Å². The molecule has 0 heterocycles. The molecule has 0 unspecified atom stereocenters. The number of nitrogens with one attached hydrogen (secondary N) is 1. The molecule has 1 heteroatoms. The van der Waals surface area contributed by atoms with Crippen molar-refractivity contribution in [2.45, 2.75) is 46.5 Å². The van der Waals surface area contributed by atoms with E-state index in [1.54, 1.807) is 0 Å². The fourth-order valence-electron chi connectivity index (χ4n) is 3.70. The summed E-state index contributed by atoms with van der Waals surface area (Å²) in [4.78, 5) is 0. The zero-order valence-corrected chi connectivity index (χ0v) is 17.9. The Morgan fingerprint density at radius 3 is 1.39 bits per heavy atom. The highest BCUT2D eigenvalue weighted by Crippen LogP contribution is 2.36. The van der Waals surface area contributed by atoms with Crippen molar-refractivity contribution >= 4 is 0 Å². The summed E-state index contributed by atoms with van der Waals surface area (Å²) in [5.74, 6) is 0.309. The summed E-state index contributed by atoms with van der Waals surface area (Å²) in [6, 6.07) is 28.6. The monoisotopic (exact) mass is 373 g/mol. The van der Waals surface area contributed by atoms with E-state index < -0.39 is 0 Å². The molecule has 0 spiro atoms. The quantitative estimate of drug-likeness (QED) is 0.460. The van der Waals surface area contributed by atoms with E-state index in [9.17, 15) is 0 Å². The lowest BCUT2D eigenvalue weighted by atomic mass is 9.80. The Bertz CT molecular complexity index is 758. The topological polar surface area (TPSA) is 12.0 Å². The van der Waals surface area contributed by atoms with Gasteiger partial charge in [0.15, 0.2) is 0 Å². The van der Waals surface area contributed by atoms with E-state index in [-0.39, 0.29) is 0 Å². The molecule has 0 aromatic heterocycles. The molecule has 3 aromatic carbocycles. The van der Waals surface area contributed by atoms with Gasteiger partial charge in [-0.05, 0) is 53.7 Å². The Kier molecular flexibility index (Phi) is 9.51. The average molecular weight is 374 g/mol. The summed E-state index contributed by atoms with van der Waals surface area (Å²) in [7, 11) is 0. The second-order valence-electron chi connectivity index (χ2n) is 6.91. The van der Waals surface area contributed by atoms with Crippen LogP contribution in [0.3, 0.4) is 0 Å². The second-order valence-corrected chi connectivity index (χ2v) is 6.91. The smallest absolute Gasteiger partial charge is 0.0345 e. The highest BCUT2D eigenvalue weighted by molar-refractivity contribution is 5.49. The predicted octanol–water partition coefficient (Wildman–Crippen LogP) is 6.61. The zero-order chi connectivity index (χ0) is 20.2. The van der Waals surface area contributed by atoms with Crippen LogP contribution in [0.15, 0.2) is 78.9 Å². The van der Waals surface area contributed by atoms with Crippen LogP contribution in [0.1, 0.15) is 61.4 Å². The van der Waals surface area contributed by atoms with Crippen LogP contribution in [0.25, 0.3) is 0 Å². The molecule has 3 aromatic rings. The van der Waals surface area contributed by atoms with E-state index in [2.05, 4.69) is 112 Å². The first-order chi connectivity index (χ1) is 13.8. The Hall–Kier alpha value is -2.38. The van der Waals surface area contributed by atoms with E-state index in [1.165, 1.54) is 27.8 Å². The molecule has 0 aliphatic heterocycles. The minimum atomic E-state index is 0.309. The maximum Gasteiger partial charge on any atom is 0.0345 e. The van der Waals surface area contributed by atoms with Crippen molar-refractivity contribution in [1.29, 1.82) is 0 Å². The molecule has 0 amide bonds. The van der Waals surface area contributed by atoms with Gasteiger partial charge in [0.25, 0.3) is 0 Å². The van der Waals surface area contributed by atoms with Crippen LogP contribution in [-0.4, -0.2) is 13.1 Å². The van der Waals surface area contributed by atoms with Crippen LogP contribution in [0, 0.1) is 0 Å². The van der Waals surface area contributed by atoms with Gasteiger partial charge in [0.1, 0.15) is 0 Å². The fraction of sp³-hybridized carbons (Fsp3) is 0.333. The maximum atomic E-state index is 3.11. The van der Waals surface area contributed by atoms with E-state index in [0.717, 1.165) is 25.9 Å². The highest BCUT2D eigenvalue weighted by Gasteiger charge is 2.20. The zero-order valence-electron chi connectivity index (χ0n) is 17.9. The third-order valence-electron chi connectivity index (χ3n) is 5.13. The summed E-state index contributed by atoms with van der Waals surface area (Å²) in [6.07, 6.45) is 2.13. The highest BCUT2D eigenvalue weighted by atomic mass is 14.8. The van der Waals surface area contributed by atoms with Crippen molar-refractivity contribution in [3.8, 4) is 0 Å². The lowest BCUT2D eigenvalue weighted by molar-refractivity contribution is 0.762. The molecule has 0 saturated carbocycles. The summed E-state index contributed by atoms with van der Waals surface area (Å²) in [5, 5.41) is 3.11. The Morgan fingerprint density at radius 2 is 1.00 bits per heavy atom. The molecule has 0 atom stereocenters. The molecule has 3 rings (SSSR count). The van der Waals surface area contributed by atoms with Crippen LogP contribution in [0.5, 0.6) is 0 Å². The lowest BCUT2D eigenvalue weighted by Crippen LogP contribution is -2.09. The molecule has 1 nitrogen and oxygen atoms in total. The van der Waals surface area contributed by atoms with Crippen LogP contribution in [0.2, 0.25) is 0 Å². The van der Waals surface area contributed by atoms with Crippen molar-refractivity contribution in [3.05, 3.63) is 107 Å². The van der Waals surface area contributed by atoms with Crippen LogP contribution < -0.4 is 5.32 Å². The first-order valence-electron chi connectivity index (χ1n) is 10.7. The third-order valence-corrected chi connectivity index (χ3v) is 5.13. The molecule has 0 bridgehead atoms. The number of aryl methyl sites for hydroxylation is 2. The van der Waals surface area contributed by atoms with Gasteiger partial charge in [-0.2, -0.15) is 0 Å². The maximum absolute atomic E-state index is 3.11. The van der Waals surface area contributed by atoms with E-state index in [1.807, 2.05) is 0 Å². The van der Waals surface area contributed by atoms with Gasteiger partial charge in [-0.15, -0.1) is 0 Å². The minimum Gasteiger partial charge on any atom is -0.317 e. The molecule has 28 heavy (non-hydrogen) atoms. The third kappa shape index (κ3) is 5.81. The van der Waals surface area contributed by atoms with E-state index >= 15 is 0 Å². The van der Waals surface area contributed by atoms with Crippen molar-refractivity contribution in [1.82, 2.24) is 5.32 Å². The fourth-order valence-corrected chi connectivity index (χ4v) is 3.70. The molecular formula is C27H35N. The molecule has 148 valence electrons. The number of hydrogen-bond acceptors (Lipinski definition) is 1. The number of rotatable bonds is 7. The Labute approximate surface area is 171 Å². The van der Waals surface area contributed by atoms with Crippen LogP contribution in [0.4, 0.5) is 0 Å². The molecule has 1 N–H and O–H groups in total. The van der Waals surface area contributed by atoms with Crippen LogP contribution in [-0.2, 0) is 12.8 Å². The lowest BCUT2D eigenvalue weighted by Gasteiger charge is -2.24. The standard InChI is InChI=1S/C23H24.C4H11N/c1-3-18-12-8-10-16-21(18)23(20-14-6-5-7-15-20)22-17-11-9-13-19(22)4-2;1-3-5-4-2/h5-17,23H,3-4H2,1-2H3;5H,3-4H2,1-2H3. The van der Waals surface area contributed by atoms with Gasteiger partial charge >= 0.3 is 0 Å². The van der Waals surface area contributed by atoms with Crippen molar-refractivity contribution in [2.24, 2.45) is 0 Å². The minimum absolute atomic E-state index is 0.309. The molecule has 0 radical (unpaired) electrons. The molecule has 0 saturated heterocycles. The second kappa shape index (κ2) is 12.2. The van der Waals surface area contributed by atoms with Gasteiger partial charge < -0.3 is 5.32 Å². The molecular weight excluding hydrogens is 338 g/mol. The summed E-state index contributed by atoms with van der Waals surface area (Å²) >= 11 is 0. The first-order valence-corrected chi connectivity index (χ1v) is 10.7. The Morgan fingerprint density at radius 1 is 0.571 bits per heavy atom. The first kappa shape index (κ1) is 21.9. The molecule has 0 aliphatic rings. The summed E-state index contributed by atoms with van der Waals surface area (Å²) in [6.45, 7) is 10.9. The van der Waals surface area contributed by atoms with Crippen molar-refractivity contribution in [3.63, 3.8) is 0 Å². The summed E-state index contributed by atoms with van der Waals surface area (Å²) < 4.78 is 0. The van der Waals surface area contributed by atoms with Gasteiger partial charge in [0, 0.05) is 5.92 Å². The molecule has 0 fully saturated rings. The number of hydrogen-bond donors (Lipinski definition) is 1. The number of benzene rings is 3. The van der Waals surface area contributed by atoms with Gasteiger partial charge in [0.05, 0.1) is 0 Å². The van der Waals surface area contributed by atoms with E-state index in [4.69, 9.17) is 0 Å². The Balaban J connectivity index is 0.000000500. The molecule has 0 aliphatic carbocycles. The summed E-state index contributed by atoms with van der Waals surface area (Å²) in [5.41, 5.74) is 7.11. The average Bonchev–Trinajstić information content (AvgIpc) is 2.76. The van der Waals surface area contributed by atoms with Gasteiger partial charge in [0.2, 0.25) is 0 Å². The van der Waals surface area contributed by atoms with E-state index in [0.29, 0.717) is 5.92 Å². The van der Waals surface area contributed by atoms with Crippen LogP contribution >= 0.6 is 0 Å².